The molecule has 3 aromatic rings. The van der Waals surface area contributed by atoms with Crippen molar-refractivity contribution in [3.8, 4) is 5.75 Å². The van der Waals surface area contributed by atoms with Gasteiger partial charge in [-0.25, -0.2) is 0 Å². The Balaban J connectivity index is 1.54. The average molecular weight is 443 g/mol. The fourth-order valence-electron chi connectivity index (χ4n) is 4.41. The molecule has 1 aliphatic rings. The summed E-state index contributed by atoms with van der Waals surface area (Å²) in [5.41, 5.74) is 1.57. The number of rotatable bonds is 9. The molecule has 4 rings (SSSR count). The monoisotopic (exact) mass is 443 g/mol. The minimum absolute atomic E-state index is 0.0209. The van der Waals surface area contributed by atoms with Crippen LogP contribution in [-0.4, -0.2) is 36.4 Å². The Bertz CT molecular complexity index is 1210. The van der Waals surface area contributed by atoms with Gasteiger partial charge in [0.2, 0.25) is 0 Å². The number of carbonyl (C=O) groups excluding carboxylic acids is 4. The van der Waals surface area contributed by atoms with E-state index in [0.29, 0.717) is 24.1 Å². The van der Waals surface area contributed by atoms with Gasteiger partial charge in [-0.15, -0.1) is 0 Å². The van der Waals surface area contributed by atoms with Gasteiger partial charge in [-0.3, -0.25) is 14.5 Å². The molecule has 0 N–H and O–H groups in total. The Morgan fingerprint density at radius 3 is 2.52 bits per heavy atom. The van der Waals surface area contributed by atoms with Crippen LogP contribution in [0, 0.1) is 5.92 Å². The number of Topliss-reactive ketones (excluding diaryl/α,β-unsaturated/α-hetero) is 2. The third kappa shape index (κ3) is 4.85. The molecule has 33 heavy (non-hydrogen) atoms. The molecular formula is C27H25NO5. The Labute approximate surface area is 192 Å². The first-order valence-corrected chi connectivity index (χ1v) is 11.0. The zero-order chi connectivity index (χ0) is 23.4. The van der Waals surface area contributed by atoms with E-state index in [2.05, 4.69) is 0 Å². The van der Waals surface area contributed by atoms with Crippen LogP contribution in [-0.2, 0) is 25.6 Å². The molecule has 3 aromatic carbocycles. The molecule has 0 fully saturated rings. The van der Waals surface area contributed by atoms with Crippen LogP contribution in [0.1, 0.15) is 25.3 Å². The Kier molecular flexibility index (Phi) is 6.63. The predicted molar refractivity (Wildman–Crippen MR) is 125 cm³/mol. The van der Waals surface area contributed by atoms with E-state index in [0.717, 1.165) is 16.3 Å². The standard InChI is InChI=1S/C27H25NO5/c1-18(30)13-19(16-29)14-25(31)24-15-21-8-3-5-11-23(21)28(24)27(32)17-33-26-12-6-9-20-7-2-4-10-22(20)26/h2-12,16,19,24H,13-15,17H2,1H3/t19?,24-/m0/s1. The molecule has 0 saturated carbocycles. The molecule has 1 aliphatic heterocycles. The molecule has 1 unspecified atom stereocenters. The van der Waals surface area contributed by atoms with Crippen molar-refractivity contribution in [2.75, 3.05) is 11.5 Å². The lowest BCUT2D eigenvalue weighted by molar-refractivity contribution is -0.128. The van der Waals surface area contributed by atoms with E-state index < -0.39 is 12.0 Å². The first-order chi connectivity index (χ1) is 16.0. The van der Waals surface area contributed by atoms with Gasteiger partial charge in [0.05, 0.1) is 6.04 Å². The van der Waals surface area contributed by atoms with Gasteiger partial charge in [0.1, 0.15) is 17.8 Å². The predicted octanol–water partition coefficient (Wildman–Crippen LogP) is 3.93. The van der Waals surface area contributed by atoms with Crippen LogP contribution in [0.2, 0.25) is 0 Å². The van der Waals surface area contributed by atoms with Crippen LogP contribution in [0.4, 0.5) is 5.69 Å². The van der Waals surface area contributed by atoms with E-state index in [1.807, 2.05) is 66.7 Å². The second-order valence-electron chi connectivity index (χ2n) is 8.35. The summed E-state index contributed by atoms with van der Waals surface area (Å²) in [5.74, 6) is -0.795. The number of hydrogen-bond donors (Lipinski definition) is 0. The number of para-hydroxylation sites is 1. The number of fused-ring (bicyclic) bond motifs is 2. The molecule has 0 radical (unpaired) electrons. The summed E-state index contributed by atoms with van der Waals surface area (Å²) in [5, 5.41) is 1.91. The summed E-state index contributed by atoms with van der Waals surface area (Å²) in [7, 11) is 0. The number of benzene rings is 3. The van der Waals surface area contributed by atoms with Crippen molar-refractivity contribution in [1.29, 1.82) is 0 Å². The zero-order valence-corrected chi connectivity index (χ0v) is 18.4. The van der Waals surface area contributed by atoms with Gasteiger partial charge < -0.3 is 14.3 Å². The fourth-order valence-corrected chi connectivity index (χ4v) is 4.41. The summed E-state index contributed by atoms with van der Waals surface area (Å²) in [6.45, 7) is 1.17. The van der Waals surface area contributed by atoms with Gasteiger partial charge in [0.25, 0.3) is 5.91 Å². The Hall–Kier alpha value is -3.80. The summed E-state index contributed by atoms with van der Waals surface area (Å²) >= 11 is 0. The summed E-state index contributed by atoms with van der Waals surface area (Å²) in [4.78, 5) is 50.7. The maximum absolute atomic E-state index is 13.3. The SMILES string of the molecule is CC(=O)CC(C=O)CC(=O)[C@@H]1Cc2ccccc2N1C(=O)COc1cccc2ccccc12. The second kappa shape index (κ2) is 9.77. The molecule has 1 heterocycles. The maximum Gasteiger partial charge on any atom is 0.265 e. The van der Waals surface area contributed by atoms with Crippen molar-refractivity contribution in [2.45, 2.75) is 32.2 Å². The number of anilines is 1. The number of hydrogen-bond acceptors (Lipinski definition) is 5. The number of ether oxygens (including phenoxy) is 1. The lowest BCUT2D eigenvalue weighted by Crippen LogP contribution is -2.45. The van der Waals surface area contributed by atoms with Gasteiger partial charge >= 0.3 is 0 Å². The van der Waals surface area contributed by atoms with Crippen molar-refractivity contribution in [2.24, 2.45) is 5.92 Å². The molecular weight excluding hydrogens is 418 g/mol. The molecule has 2 atom stereocenters. The van der Waals surface area contributed by atoms with E-state index >= 15 is 0 Å². The molecule has 168 valence electrons. The van der Waals surface area contributed by atoms with Crippen LogP contribution >= 0.6 is 0 Å². The second-order valence-corrected chi connectivity index (χ2v) is 8.35. The highest BCUT2D eigenvalue weighted by atomic mass is 16.5. The molecule has 0 spiro atoms. The van der Waals surface area contributed by atoms with Gasteiger partial charge in [0, 0.05) is 36.3 Å². The number of nitrogens with zero attached hydrogens (tertiary/aromatic N) is 1. The molecule has 1 amide bonds. The van der Waals surface area contributed by atoms with Gasteiger partial charge in [-0.05, 0) is 30.0 Å². The van der Waals surface area contributed by atoms with Crippen molar-refractivity contribution >= 4 is 40.2 Å². The highest BCUT2D eigenvalue weighted by Crippen LogP contribution is 2.34. The first-order valence-electron chi connectivity index (χ1n) is 11.0. The smallest absolute Gasteiger partial charge is 0.265 e. The quantitative estimate of drug-likeness (QED) is 0.468. The normalized spacial score (nSPS) is 15.7. The molecule has 0 aromatic heterocycles. The average Bonchev–Trinajstić information content (AvgIpc) is 3.21. The number of aldehydes is 1. The van der Waals surface area contributed by atoms with E-state index in [1.54, 1.807) is 0 Å². The van der Waals surface area contributed by atoms with E-state index in [4.69, 9.17) is 4.74 Å². The molecule has 0 bridgehead atoms. The van der Waals surface area contributed by atoms with Crippen LogP contribution in [0.3, 0.4) is 0 Å². The number of amides is 1. The van der Waals surface area contributed by atoms with Crippen molar-refractivity contribution < 1.29 is 23.9 Å². The highest BCUT2D eigenvalue weighted by molar-refractivity contribution is 6.05. The van der Waals surface area contributed by atoms with Crippen molar-refractivity contribution in [1.82, 2.24) is 0 Å². The van der Waals surface area contributed by atoms with Crippen LogP contribution in [0.25, 0.3) is 10.8 Å². The summed E-state index contributed by atoms with van der Waals surface area (Å²) in [6.07, 6.45) is 0.973. The maximum atomic E-state index is 13.3. The van der Waals surface area contributed by atoms with Gasteiger partial charge in [0.15, 0.2) is 12.4 Å². The molecule has 6 nitrogen and oxygen atoms in total. The molecule has 0 saturated heterocycles. The van der Waals surface area contributed by atoms with Crippen molar-refractivity contribution in [3.63, 3.8) is 0 Å². The van der Waals surface area contributed by atoms with Gasteiger partial charge in [-0.1, -0.05) is 54.6 Å². The lowest BCUT2D eigenvalue weighted by atomic mass is 9.94. The minimum atomic E-state index is -0.722. The van der Waals surface area contributed by atoms with E-state index in [1.165, 1.54) is 11.8 Å². The first kappa shape index (κ1) is 22.4. The largest absolute Gasteiger partial charge is 0.483 e. The van der Waals surface area contributed by atoms with Crippen LogP contribution in [0.15, 0.2) is 66.7 Å². The third-order valence-corrected chi connectivity index (χ3v) is 5.92. The third-order valence-electron chi connectivity index (χ3n) is 5.92. The Morgan fingerprint density at radius 1 is 1.00 bits per heavy atom. The number of ketones is 2. The molecule has 6 heteroatoms. The van der Waals surface area contributed by atoms with E-state index in [-0.39, 0.29) is 36.9 Å². The molecule has 0 aliphatic carbocycles. The summed E-state index contributed by atoms with van der Waals surface area (Å²) in [6, 6.07) is 20.1. The Morgan fingerprint density at radius 2 is 1.73 bits per heavy atom. The van der Waals surface area contributed by atoms with Crippen molar-refractivity contribution in [3.05, 3.63) is 72.3 Å². The fraction of sp³-hybridized carbons (Fsp3) is 0.259. The number of carbonyl (C=O) groups is 4. The van der Waals surface area contributed by atoms with Crippen LogP contribution in [0.5, 0.6) is 5.75 Å². The topological polar surface area (TPSA) is 80.8 Å². The van der Waals surface area contributed by atoms with E-state index in [9.17, 15) is 19.2 Å². The van der Waals surface area contributed by atoms with Gasteiger partial charge in [-0.2, -0.15) is 0 Å². The lowest BCUT2D eigenvalue weighted by Gasteiger charge is -2.25. The highest BCUT2D eigenvalue weighted by Gasteiger charge is 2.38. The van der Waals surface area contributed by atoms with Crippen LogP contribution < -0.4 is 9.64 Å². The zero-order valence-electron chi connectivity index (χ0n) is 18.4. The summed E-state index contributed by atoms with van der Waals surface area (Å²) < 4.78 is 5.89. The minimum Gasteiger partial charge on any atom is -0.483 e.